The fourth-order valence-electron chi connectivity index (χ4n) is 3.67. The first-order chi connectivity index (χ1) is 10.6. The molecular weight excluding hydrogens is 286 g/mol. The molecule has 22 heavy (non-hydrogen) atoms. The summed E-state index contributed by atoms with van der Waals surface area (Å²) in [6.07, 6.45) is -0.633. The van der Waals surface area contributed by atoms with Gasteiger partial charge >= 0.3 is 0 Å². The molecule has 0 spiro atoms. The number of nitrogens with zero attached hydrogens (tertiary/aromatic N) is 1. The molecule has 6 heteroatoms. The van der Waals surface area contributed by atoms with Crippen LogP contribution in [0.15, 0.2) is 12.1 Å². The first kappa shape index (κ1) is 14.1. The number of aliphatic hydroxyl groups is 1. The number of ether oxygens (including phenoxy) is 4. The average Bonchev–Trinajstić information content (AvgIpc) is 2.96. The van der Waals surface area contributed by atoms with Gasteiger partial charge in [-0.2, -0.15) is 0 Å². The number of morpholine rings is 1. The van der Waals surface area contributed by atoms with Crippen molar-refractivity contribution in [3.05, 3.63) is 17.7 Å². The molecule has 0 bridgehead atoms. The highest BCUT2D eigenvalue weighted by Gasteiger charge is 2.48. The highest BCUT2D eigenvalue weighted by molar-refractivity contribution is 5.59. The molecule has 0 radical (unpaired) electrons. The molecule has 3 aliphatic heterocycles. The van der Waals surface area contributed by atoms with Crippen LogP contribution in [0.3, 0.4) is 0 Å². The molecule has 1 aromatic carbocycles. The maximum absolute atomic E-state index is 11.0. The van der Waals surface area contributed by atoms with Crippen LogP contribution in [0.1, 0.15) is 25.5 Å². The van der Waals surface area contributed by atoms with Gasteiger partial charge in [0, 0.05) is 18.7 Å². The number of benzene rings is 1. The summed E-state index contributed by atoms with van der Waals surface area (Å²) in [6, 6.07) is 3.59. The molecule has 6 nitrogen and oxygen atoms in total. The van der Waals surface area contributed by atoms with Crippen molar-refractivity contribution in [3.8, 4) is 17.2 Å². The van der Waals surface area contributed by atoms with Gasteiger partial charge in [-0.1, -0.05) is 0 Å². The topological polar surface area (TPSA) is 60.4 Å². The lowest BCUT2D eigenvalue weighted by Gasteiger charge is -2.49. The highest BCUT2D eigenvalue weighted by atomic mass is 16.7. The van der Waals surface area contributed by atoms with E-state index in [1.807, 2.05) is 26.0 Å². The van der Waals surface area contributed by atoms with Crippen molar-refractivity contribution in [2.45, 2.75) is 31.6 Å². The van der Waals surface area contributed by atoms with E-state index in [0.717, 1.165) is 18.7 Å². The van der Waals surface area contributed by atoms with Gasteiger partial charge in [-0.05, 0) is 26.0 Å². The summed E-state index contributed by atoms with van der Waals surface area (Å²) in [5.74, 6) is 1.88. The van der Waals surface area contributed by atoms with Crippen molar-refractivity contribution in [1.82, 2.24) is 4.90 Å². The second kappa shape index (κ2) is 5.01. The smallest absolute Gasteiger partial charge is 0.231 e. The monoisotopic (exact) mass is 307 g/mol. The third-order valence-electron chi connectivity index (χ3n) is 4.66. The number of fused-ring (bicyclic) bond motifs is 3. The van der Waals surface area contributed by atoms with Gasteiger partial charge in [0.15, 0.2) is 11.5 Å². The molecule has 3 heterocycles. The van der Waals surface area contributed by atoms with E-state index in [4.69, 9.17) is 18.9 Å². The third-order valence-corrected chi connectivity index (χ3v) is 4.66. The molecule has 1 aromatic rings. The lowest BCUT2D eigenvalue weighted by molar-refractivity contribution is -0.107. The van der Waals surface area contributed by atoms with Crippen molar-refractivity contribution < 1.29 is 24.1 Å². The summed E-state index contributed by atoms with van der Waals surface area (Å²) in [7, 11) is 0. The summed E-state index contributed by atoms with van der Waals surface area (Å²) in [5.41, 5.74) is 0.227. The van der Waals surface area contributed by atoms with E-state index < -0.39 is 11.7 Å². The molecule has 0 saturated carbocycles. The minimum Gasteiger partial charge on any atom is -0.482 e. The molecule has 120 valence electrons. The lowest BCUT2D eigenvalue weighted by Crippen LogP contribution is -2.60. The molecular formula is C16H21NO5. The summed E-state index contributed by atoms with van der Waals surface area (Å²) >= 11 is 0. The minimum atomic E-state index is -0.633. The Labute approximate surface area is 129 Å². The predicted octanol–water partition coefficient (Wildman–Crippen LogP) is 1.32. The fraction of sp³-hybridized carbons (Fsp3) is 0.625. The van der Waals surface area contributed by atoms with Crippen LogP contribution in [-0.4, -0.2) is 54.7 Å². The Morgan fingerprint density at radius 3 is 2.68 bits per heavy atom. The Balaban J connectivity index is 1.74. The van der Waals surface area contributed by atoms with E-state index >= 15 is 0 Å². The zero-order chi connectivity index (χ0) is 15.3. The fourth-order valence-corrected chi connectivity index (χ4v) is 3.67. The quantitative estimate of drug-likeness (QED) is 0.844. The highest BCUT2D eigenvalue weighted by Crippen LogP contribution is 2.51. The first-order valence-corrected chi connectivity index (χ1v) is 7.69. The zero-order valence-electron chi connectivity index (χ0n) is 12.9. The summed E-state index contributed by atoms with van der Waals surface area (Å²) in [6.45, 7) is 7.19. The van der Waals surface area contributed by atoms with E-state index in [0.29, 0.717) is 30.5 Å². The van der Waals surface area contributed by atoms with Crippen LogP contribution in [-0.2, 0) is 4.74 Å². The number of aliphatic hydroxyl groups excluding tert-OH is 1. The molecule has 0 aliphatic carbocycles. The maximum atomic E-state index is 11.0. The first-order valence-electron chi connectivity index (χ1n) is 7.69. The van der Waals surface area contributed by atoms with Crippen molar-refractivity contribution >= 4 is 0 Å². The van der Waals surface area contributed by atoms with Crippen LogP contribution in [0.25, 0.3) is 0 Å². The van der Waals surface area contributed by atoms with Crippen LogP contribution in [0.4, 0.5) is 0 Å². The van der Waals surface area contributed by atoms with Gasteiger partial charge in [0.1, 0.15) is 11.7 Å². The van der Waals surface area contributed by atoms with Gasteiger partial charge in [0.25, 0.3) is 0 Å². The van der Waals surface area contributed by atoms with Gasteiger partial charge < -0.3 is 24.1 Å². The van der Waals surface area contributed by atoms with Crippen molar-refractivity contribution in [2.24, 2.45) is 0 Å². The second-order valence-electron chi connectivity index (χ2n) is 6.46. The van der Waals surface area contributed by atoms with E-state index in [2.05, 4.69) is 4.90 Å². The Bertz CT molecular complexity index is 582. The van der Waals surface area contributed by atoms with Crippen molar-refractivity contribution in [2.75, 3.05) is 33.1 Å². The predicted molar refractivity (Wildman–Crippen MR) is 78.4 cm³/mol. The van der Waals surface area contributed by atoms with Gasteiger partial charge in [0.2, 0.25) is 12.5 Å². The molecule has 0 amide bonds. The summed E-state index contributed by atoms with van der Waals surface area (Å²) < 4.78 is 22.6. The van der Waals surface area contributed by atoms with E-state index in [9.17, 15) is 5.11 Å². The van der Waals surface area contributed by atoms with Crippen LogP contribution in [0.2, 0.25) is 0 Å². The standard InChI is InChI=1S/C16H21NO5/c1-16(2)15(17-5-7-19-8-6-17)12(18)10-3-4-11-14(13(10)22-16)21-9-20-11/h3-4,12,15,18H,5-9H2,1-2H3. The largest absolute Gasteiger partial charge is 0.482 e. The average molecular weight is 307 g/mol. The van der Waals surface area contributed by atoms with Gasteiger partial charge in [0.05, 0.1) is 19.3 Å². The minimum absolute atomic E-state index is 0.121. The molecule has 2 atom stereocenters. The normalized spacial score (nSPS) is 29.8. The number of hydrogen-bond acceptors (Lipinski definition) is 6. The number of hydrogen-bond donors (Lipinski definition) is 1. The Kier molecular flexibility index (Phi) is 3.21. The molecule has 3 aliphatic rings. The van der Waals surface area contributed by atoms with Gasteiger partial charge in [-0.15, -0.1) is 0 Å². The molecule has 2 unspecified atom stereocenters. The Hall–Kier alpha value is -1.50. The maximum Gasteiger partial charge on any atom is 0.231 e. The Morgan fingerprint density at radius 1 is 1.14 bits per heavy atom. The van der Waals surface area contributed by atoms with Crippen LogP contribution < -0.4 is 14.2 Å². The van der Waals surface area contributed by atoms with Crippen LogP contribution in [0.5, 0.6) is 17.2 Å². The second-order valence-corrected chi connectivity index (χ2v) is 6.46. The summed E-state index contributed by atoms with van der Waals surface area (Å²) in [4.78, 5) is 2.25. The van der Waals surface area contributed by atoms with E-state index in [1.165, 1.54) is 0 Å². The molecule has 0 aromatic heterocycles. The third kappa shape index (κ3) is 2.06. The SMILES string of the molecule is CC1(C)Oc2c(ccc3c2OCO3)C(O)C1N1CCOCC1. The molecule has 1 N–H and O–H groups in total. The van der Waals surface area contributed by atoms with Crippen LogP contribution in [0, 0.1) is 0 Å². The van der Waals surface area contributed by atoms with Gasteiger partial charge in [-0.3, -0.25) is 4.90 Å². The van der Waals surface area contributed by atoms with Crippen LogP contribution >= 0.6 is 0 Å². The van der Waals surface area contributed by atoms with Gasteiger partial charge in [-0.25, -0.2) is 0 Å². The molecule has 1 saturated heterocycles. The molecule has 1 fully saturated rings. The number of rotatable bonds is 1. The van der Waals surface area contributed by atoms with Crippen molar-refractivity contribution in [1.29, 1.82) is 0 Å². The summed E-state index contributed by atoms with van der Waals surface area (Å²) in [5, 5.41) is 11.0. The Morgan fingerprint density at radius 2 is 1.91 bits per heavy atom. The lowest BCUT2D eigenvalue weighted by atomic mass is 9.84. The zero-order valence-corrected chi connectivity index (χ0v) is 12.9. The van der Waals surface area contributed by atoms with E-state index in [-0.39, 0.29) is 12.8 Å². The van der Waals surface area contributed by atoms with Crippen molar-refractivity contribution in [3.63, 3.8) is 0 Å². The van der Waals surface area contributed by atoms with E-state index in [1.54, 1.807) is 0 Å². The molecule has 4 rings (SSSR count).